The summed E-state index contributed by atoms with van der Waals surface area (Å²) in [7, 11) is 0. The van der Waals surface area contributed by atoms with Gasteiger partial charge < -0.3 is 0 Å². The van der Waals surface area contributed by atoms with Gasteiger partial charge in [0.05, 0.1) is 11.4 Å². The maximum Gasteiger partial charge on any atom is 0.255 e. The molecule has 1 heterocycles. The highest BCUT2D eigenvalue weighted by molar-refractivity contribution is 5.73. The van der Waals surface area contributed by atoms with Crippen molar-refractivity contribution in [3.63, 3.8) is 0 Å². The summed E-state index contributed by atoms with van der Waals surface area (Å²) in [5.74, 6) is 0.474. The number of aryl methyl sites for hydroxylation is 1. The third-order valence-corrected chi connectivity index (χ3v) is 2.63. The minimum atomic E-state index is 0.373. The highest BCUT2D eigenvalue weighted by Gasteiger charge is 2.09. The summed E-state index contributed by atoms with van der Waals surface area (Å²) in [5.41, 5.74) is 2.16. The van der Waals surface area contributed by atoms with E-state index in [4.69, 9.17) is 0 Å². The Hall–Kier alpha value is -1.25. The Morgan fingerprint density at radius 3 is 2.71 bits per heavy atom. The molecule has 0 saturated heterocycles. The van der Waals surface area contributed by atoms with E-state index in [0.29, 0.717) is 11.6 Å². The minimum absolute atomic E-state index is 0.373. The van der Waals surface area contributed by atoms with Crippen molar-refractivity contribution >= 4 is 6.29 Å². The van der Waals surface area contributed by atoms with Crippen LogP contribution in [-0.4, -0.2) is 16.3 Å². The van der Waals surface area contributed by atoms with Crippen molar-refractivity contribution in [2.24, 2.45) is 5.92 Å². The van der Waals surface area contributed by atoms with E-state index in [-0.39, 0.29) is 0 Å². The predicted molar refractivity (Wildman–Crippen MR) is 68.6 cm³/mol. The van der Waals surface area contributed by atoms with E-state index in [9.17, 15) is 4.79 Å². The van der Waals surface area contributed by atoms with Crippen molar-refractivity contribution in [1.29, 1.82) is 0 Å². The van der Waals surface area contributed by atoms with Crippen LogP contribution in [0, 0.1) is 5.92 Å². The number of unbranched alkanes of at least 4 members (excludes halogenated alkanes) is 2. The van der Waals surface area contributed by atoms with E-state index in [2.05, 4.69) is 30.7 Å². The van der Waals surface area contributed by atoms with Gasteiger partial charge in [0.1, 0.15) is 5.69 Å². The molecule has 3 heteroatoms. The monoisotopic (exact) mass is 233 g/mol. The topological polar surface area (TPSA) is 42.9 Å². The quantitative estimate of drug-likeness (QED) is 0.680. The third kappa shape index (κ3) is 4.63. The second-order valence-corrected chi connectivity index (χ2v) is 4.81. The first-order valence-electron chi connectivity index (χ1n) is 6.40. The molecular formula is C14H21N2O. The van der Waals surface area contributed by atoms with Crippen LogP contribution in [0.3, 0.4) is 0 Å². The zero-order valence-corrected chi connectivity index (χ0v) is 11.0. The Balaban J connectivity index is 2.77. The lowest BCUT2D eigenvalue weighted by molar-refractivity contribution is 0.558. The normalized spacial score (nSPS) is 10.8. The Labute approximate surface area is 104 Å². The second-order valence-electron chi connectivity index (χ2n) is 4.81. The van der Waals surface area contributed by atoms with Crippen LogP contribution < -0.4 is 0 Å². The van der Waals surface area contributed by atoms with E-state index in [0.717, 1.165) is 30.7 Å². The molecule has 1 radical (unpaired) electrons. The number of rotatable bonds is 7. The van der Waals surface area contributed by atoms with Crippen molar-refractivity contribution in [1.82, 2.24) is 9.97 Å². The molecular weight excluding hydrogens is 212 g/mol. The number of hydrogen-bond donors (Lipinski definition) is 0. The van der Waals surface area contributed by atoms with Crippen LogP contribution >= 0.6 is 0 Å². The van der Waals surface area contributed by atoms with Gasteiger partial charge in [0.15, 0.2) is 0 Å². The lowest BCUT2D eigenvalue weighted by Crippen LogP contribution is -2.07. The summed E-state index contributed by atoms with van der Waals surface area (Å²) < 4.78 is 0. The molecule has 0 aromatic carbocycles. The van der Waals surface area contributed by atoms with Gasteiger partial charge in [-0.15, -0.1) is 0 Å². The first kappa shape index (κ1) is 13.8. The summed E-state index contributed by atoms with van der Waals surface area (Å²) in [6.45, 7) is 6.40. The smallest absolute Gasteiger partial charge is 0.255 e. The van der Waals surface area contributed by atoms with E-state index >= 15 is 0 Å². The molecule has 17 heavy (non-hydrogen) atoms. The van der Waals surface area contributed by atoms with Gasteiger partial charge in [0.25, 0.3) is 6.29 Å². The van der Waals surface area contributed by atoms with Crippen molar-refractivity contribution in [3.05, 3.63) is 23.3 Å². The fourth-order valence-electron chi connectivity index (χ4n) is 1.76. The van der Waals surface area contributed by atoms with Crippen LogP contribution in [0.2, 0.25) is 0 Å². The lowest BCUT2D eigenvalue weighted by atomic mass is 10.1. The van der Waals surface area contributed by atoms with Crippen molar-refractivity contribution in [3.8, 4) is 0 Å². The molecule has 0 aliphatic heterocycles. The summed E-state index contributed by atoms with van der Waals surface area (Å²) in [5, 5.41) is 0. The Bertz CT molecular complexity index is 361. The minimum Gasteiger partial charge on any atom is -0.283 e. The zero-order chi connectivity index (χ0) is 12.7. The molecule has 93 valence electrons. The fraction of sp³-hybridized carbons (Fsp3) is 0.643. The van der Waals surface area contributed by atoms with Gasteiger partial charge in [-0.1, -0.05) is 33.6 Å². The summed E-state index contributed by atoms with van der Waals surface area (Å²) in [6.07, 6.45) is 8.87. The highest BCUT2D eigenvalue weighted by Crippen LogP contribution is 2.10. The van der Waals surface area contributed by atoms with Crippen LogP contribution in [0.4, 0.5) is 0 Å². The van der Waals surface area contributed by atoms with Crippen molar-refractivity contribution in [2.75, 3.05) is 0 Å². The molecule has 1 aromatic rings. The van der Waals surface area contributed by atoms with Crippen LogP contribution in [0.25, 0.3) is 0 Å². The van der Waals surface area contributed by atoms with Gasteiger partial charge in [0, 0.05) is 6.20 Å². The van der Waals surface area contributed by atoms with E-state index in [1.165, 1.54) is 12.8 Å². The first-order valence-corrected chi connectivity index (χ1v) is 6.40. The molecule has 0 aliphatic rings. The highest BCUT2D eigenvalue weighted by atomic mass is 16.1. The number of carbonyl (C=O) groups excluding carboxylic acids is 1. The maximum atomic E-state index is 10.8. The molecule has 0 aliphatic carbocycles. The van der Waals surface area contributed by atoms with Crippen molar-refractivity contribution in [2.45, 2.75) is 52.9 Å². The number of hydrogen-bond acceptors (Lipinski definition) is 3. The maximum absolute atomic E-state index is 10.8. The van der Waals surface area contributed by atoms with E-state index < -0.39 is 0 Å². The van der Waals surface area contributed by atoms with Gasteiger partial charge >= 0.3 is 0 Å². The average Bonchev–Trinajstić information content (AvgIpc) is 2.29. The predicted octanol–water partition coefficient (Wildman–Crippen LogP) is 2.87. The summed E-state index contributed by atoms with van der Waals surface area (Å²) in [4.78, 5) is 19.4. The fourth-order valence-corrected chi connectivity index (χ4v) is 1.76. The molecule has 0 unspecified atom stereocenters. The molecule has 0 amide bonds. The number of nitrogens with zero attached hydrogens (tertiary/aromatic N) is 2. The van der Waals surface area contributed by atoms with Gasteiger partial charge in [-0.3, -0.25) is 9.78 Å². The standard InChI is InChI=1S/C14H21N2O/c1-4-5-6-7-12-9-15-14(10-17)13(16-12)8-11(2)3/h9,11H,4-8H2,1-3H3. The van der Waals surface area contributed by atoms with Crippen LogP contribution in [0.1, 0.15) is 57.1 Å². The molecule has 0 spiro atoms. The Morgan fingerprint density at radius 2 is 2.12 bits per heavy atom. The molecule has 1 aromatic heterocycles. The largest absolute Gasteiger partial charge is 0.283 e. The van der Waals surface area contributed by atoms with Crippen LogP contribution in [0.5, 0.6) is 0 Å². The first-order chi connectivity index (χ1) is 8.17. The van der Waals surface area contributed by atoms with E-state index in [1.807, 2.05) is 6.29 Å². The van der Waals surface area contributed by atoms with Crippen LogP contribution in [0.15, 0.2) is 6.20 Å². The van der Waals surface area contributed by atoms with E-state index in [1.54, 1.807) is 6.20 Å². The summed E-state index contributed by atoms with van der Waals surface area (Å²) >= 11 is 0. The molecule has 0 N–H and O–H groups in total. The third-order valence-electron chi connectivity index (χ3n) is 2.63. The molecule has 3 nitrogen and oxygen atoms in total. The molecule has 0 atom stereocenters. The SMILES string of the molecule is CCCCCc1cnc([C]=O)c(CC(C)C)n1. The number of aromatic nitrogens is 2. The molecule has 0 bridgehead atoms. The van der Waals surface area contributed by atoms with Gasteiger partial charge in [0.2, 0.25) is 0 Å². The van der Waals surface area contributed by atoms with Gasteiger partial charge in [-0.25, -0.2) is 4.98 Å². The van der Waals surface area contributed by atoms with Crippen molar-refractivity contribution < 1.29 is 4.79 Å². The van der Waals surface area contributed by atoms with Crippen LogP contribution in [-0.2, 0) is 17.6 Å². The van der Waals surface area contributed by atoms with Gasteiger partial charge in [-0.2, -0.15) is 0 Å². The Morgan fingerprint density at radius 1 is 1.35 bits per heavy atom. The average molecular weight is 233 g/mol. The molecule has 0 fully saturated rings. The lowest BCUT2D eigenvalue weighted by Gasteiger charge is -2.08. The van der Waals surface area contributed by atoms with Gasteiger partial charge in [-0.05, 0) is 25.2 Å². The Kier molecular flexibility index (Phi) is 5.81. The second kappa shape index (κ2) is 7.15. The molecule has 0 saturated carbocycles. The summed E-state index contributed by atoms with van der Waals surface area (Å²) in [6, 6.07) is 0. The molecule has 1 rings (SSSR count). The zero-order valence-electron chi connectivity index (χ0n) is 11.0.